The molecule has 2 rings (SSSR count). The van der Waals surface area contributed by atoms with Gasteiger partial charge >= 0.3 is 0 Å². The van der Waals surface area contributed by atoms with E-state index in [1.165, 1.54) is 0 Å². The molecule has 0 aliphatic heterocycles. The highest BCUT2D eigenvalue weighted by Crippen LogP contribution is 2.15. The summed E-state index contributed by atoms with van der Waals surface area (Å²) in [7, 11) is 0. The van der Waals surface area contributed by atoms with Crippen molar-refractivity contribution in [1.82, 2.24) is 15.1 Å². The fourth-order valence-corrected chi connectivity index (χ4v) is 2.04. The van der Waals surface area contributed by atoms with Crippen LogP contribution >= 0.6 is 15.9 Å². The lowest BCUT2D eigenvalue weighted by Crippen LogP contribution is -2.33. The highest BCUT2D eigenvalue weighted by molar-refractivity contribution is 9.10. The average molecular weight is 336 g/mol. The molecule has 0 aliphatic rings. The lowest BCUT2D eigenvalue weighted by molar-refractivity contribution is -0.121. The largest absolute Gasteiger partial charge is 0.351 e. The molecule has 1 heterocycles. The zero-order valence-corrected chi connectivity index (χ0v) is 13.2. The Balaban J connectivity index is 2.09. The molecule has 0 aliphatic carbocycles. The molecule has 4 nitrogen and oxygen atoms in total. The number of halogens is 1. The number of hydrogen-bond acceptors (Lipinski definition) is 2. The van der Waals surface area contributed by atoms with Crippen molar-refractivity contribution in [3.63, 3.8) is 0 Å². The van der Waals surface area contributed by atoms with Gasteiger partial charge in [-0.15, -0.1) is 0 Å². The second-order valence-electron chi connectivity index (χ2n) is 4.94. The van der Waals surface area contributed by atoms with Crippen LogP contribution in [0, 0.1) is 5.92 Å². The molecule has 0 radical (unpaired) electrons. The van der Waals surface area contributed by atoms with E-state index in [1.54, 1.807) is 10.9 Å². The first-order valence-electron chi connectivity index (χ1n) is 6.59. The van der Waals surface area contributed by atoms with Crippen LogP contribution < -0.4 is 5.32 Å². The molecule has 1 unspecified atom stereocenters. The molecule has 1 amide bonds. The molecule has 1 atom stereocenters. The van der Waals surface area contributed by atoms with E-state index in [-0.39, 0.29) is 16.7 Å². The van der Waals surface area contributed by atoms with Crippen molar-refractivity contribution in [3.8, 4) is 5.69 Å². The van der Waals surface area contributed by atoms with Gasteiger partial charge < -0.3 is 5.32 Å². The molecular weight excluding hydrogens is 318 g/mol. The number of rotatable bonds is 5. The van der Waals surface area contributed by atoms with E-state index in [4.69, 9.17) is 0 Å². The molecule has 0 spiro atoms. The Kier molecular flexibility index (Phi) is 4.95. The van der Waals surface area contributed by atoms with Gasteiger partial charge in [0, 0.05) is 18.9 Å². The molecule has 1 aromatic carbocycles. The number of carbonyl (C=O) groups excluding carboxylic acids is 1. The Morgan fingerprint density at radius 3 is 2.75 bits per heavy atom. The minimum absolute atomic E-state index is 0.00951. The van der Waals surface area contributed by atoms with Crippen LogP contribution in [0.5, 0.6) is 0 Å². The van der Waals surface area contributed by atoms with Crippen molar-refractivity contribution in [2.75, 3.05) is 0 Å². The Morgan fingerprint density at radius 1 is 1.35 bits per heavy atom. The third-order valence-corrected chi connectivity index (χ3v) is 4.50. The van der Waals surface area contributed by atoms with E-state index < -0.39 is 0 Å². The summed E-state index contributed by atoms with van der Waals surface area (Å²) in [6, 6.07) is 9.79. The number of alkyl halides is 1. The third kappa shape index (κ3) is 3.48. The van der Waals surface area contributed by atoms with Gasteiger partial charge in [0.05, 0.1) is 10.5 Å². The van der Waals surface area contributed by atoms with Crippen LogP contribution in [-0.4, -0.2) is 20.5 Å². The number of benzene rings is 1. The smallest absolute Gasteiger partial charge is 0.234 e. The first-order valence-corrected chi connectivity index (χ1v) is 7.51. The highest BCUT2D eigenvalue weighted by atomic mass is 79.9. The minimum atomic E-state index is -0.167. The van der Waals surface area contributed by atoms with Crippen molar-refractivity contribution in [1.29, 1.82) is 0 Å². The zero-order valence-electron chi connectivity index (χ0n) is 11.6. The number of nitrogens with zero attached hydrogens (tertiary/aromatic N) is 2. The first kappa shape index (κ1) is 14.8. The SMILES string of the molecule is CC(C)C(Br)C(=O)NCc1ccccc1-n1cccn1. The summed E-state index contributed by atoms with van der Waals surface area (Å²) in [4.78, 5) is 11.8. The summed E-state index contributed by atoms with van der Waals surface area (Å²) in [6.45, 7) is 4.51. The zero-order chi connectivity index (χ0) is 14.5. The van der Waals surface area contributed by atoms with Gasteiger partial charge in [-0.2, -0.15) is 5.10 Å². The summed E-state index contributed by atoms with van der Waals surface area (Å²) < 4.78 is 1.80. The van der Waals surface area contributed by atoms with E-state index in [1.807, 2.05) is 50.4 Å². The van der Waals surface area contributed by atoms with Gasteiger partial charge in [-0.25, -0.2) is 4.68 Å². The quantitative estimate of drug-likeness (QED) is 0.854. The van der Waals surface area contributed by atoms with Crippen molar-refractivity contribution < 1.29 is 4.79 Å². The van der Waals surface area contributed by atoms with E-state index in [2.05, 4.69) is 26.3 Å². The molecule has 0 fully saturated rings. The number of hydrogen-bond donors (Lipinski definition) is 1. The fourth-order valence-electron chi connectivity index (χ4n) is 1.88. The summed E-state index contributed by atoms with van der Waals surface area (Å²) in [6.07, 6.45) is 3.63. The summed E-state index contributed by atoms with van der Waals surface area (Å²) in [5.74, 6) is 0.270. The molecular formula is C15H18BrN3O. The van der Waals surface area contributed by atoms with Crippen molar-refractivity contribution in [3.05, 3.63) is 48.3 Å². The van der Waals surface area contributed by atoms with Gasteiger partial charge in [0.15, 0.2) is 0 Å². The van der Waals surface area contributed by atoms with E-state index in [0.717, 1.165) is 11.3 Å². The predicted octanol–water partition coefficient (Wildman–Crippen LogP) is 2.91. The molecule has 0 bridgehead atoms. The van der Waals surface area contributed by atoms with Gasteiger partial charge in [0.1, 0.15) is 0 Å². The van der Waals surface area contributed by atoms with Gasteiger partial charge in [0.25, 0.3) is 0 Å². The molecule has 1 aromatic heterocycles. The van der Waals surface area contributed by atoms with Crippen LogP contribution in [0.2, 0.25) is 0 Å². The Morgan fingerprint density at radius 2 is 2.10 bits per heavy atom. The monoisotopic (exact) mass is 335 g/mol. The number of carbonyl (C=O) groups is 1. The van der Waals surface area contributed by atoms with Crippen molar-refractivity contribution in [2.45, 2.75) is 25.2 Å². The van der Waals surface area contributed by atoms with Crippen molar-refractivity contribution >= 4 is 21.8 Å². The lowest BCUT2D eigenvalue weighted by atomic mass is 10.1. The van der Waals surface area contributed by atoms with E-state index >= 15 is 0 Å². The van der Waals surface area contributed by atoms with Crippen LogP contribution in [0.4, 0.5) is 0 Å². The van der Waals surface area contributed by atoms with Gasteiger partial charge in [-0.3, -0.25) is 4.79 Å². The average Bonchev–Trinajstić information content (AvgIpc) is 2.98. The topological polar surface area (TPSA) is 46.9 Å². The van der Waals surface area contributed by atoms with E-state index in [9.17, 15) is 4.79 Å². The van der Waals surface area contributed by atoms with Gasteiger partial charge in [-0.1, -0.05) is 48.0 Å². The van der Waals surface area contributed by atoms with Gasteiger partial charge in [0.2, 0.25) is 5.91 Å². The maximum absolute atomic E-state index is 12.0. The normalized spacial score (nSPS) is 12.4. The molecule has 2 aromatic rings. The van der Waals surface area contributed by atoms with Crippen LogP contribution in [0.1, 0.15) is 19.4 Å². The number of para-hydroxylation sites is 1. The second-order valence-corrected chi connectivity index (χ2v) is 5.93. The number of amides is 1. The van der Waals surface area contributed by atoms with Crippen LogP contribution in [-0.2, 0) is 11.3 Å². The van der Waals surface area contributed by atoms with E-state index in [0.29, 0.717) is 6.54 Å². The summed E-state index contributed by atoms with van der Waals surface area (Å²) in [5, 5.41) is 7.19. The summed E-state index contributed by atoms with van der Waals surface area (Å²) >= 11 is 3.41. The lowest BCUT2D eigenvalue weighted by Gasteiger charge is -2.15. The Hall–Kier alpha value is -1.62. The van der Waals surface area contributed by atoms with Crippen LogP contribution in [0.3, 0.4) is 0 Å². The standard InChI is InChI=1S/C15H18BrN3O/c1-11(2)14(16)15(20)17-10-12-6-3-4-7-13(12)19-9-5-8-18-19/h3-9,11,14H,10H2,1-2H3,(H,17,20). The number of nitrogens with one attached hydrogen (secondary N) is 1. The van der Waals surface area contributed by atoms with Crippen LogP contribution in [0.15, 0.2) is 42.7 Å². The maximum atomic E-state index is 12.0. The molecule has 20 heavy (non-hydrogen) atoms. The summed E-state index contributed by atoms with van der Waals surface area (Å²) in [5.41, 5.74) is 2.02. The highest BCUT2D eigenvalue weighted by Gasteiger charge is 2.18. The van der Waals surface area contributed by atoms with Crippen LogP contribution in [0.25, 0.3) is 5.69 Å². The molecule has 0 saturated heterocycles. The fraction of sp³-hybridized carbons (Fsp3) is 0.333. The van der Waals surface area contributed by atoms with Crippen molar-refractivity contribution in [2.24, 2.45) is 5.92 Å². The molecule has 1 N–H and O–H groups in total. The molecule has 5 heteroatoms. The number of aromatic nitrogens is 2. The second kappa shape index (κ2) is 6.70. The molecule has 106 valence electrons. The predicted molar refractivity (Wildman–Crippen MR) is 83.0 cm³/mol. The Bertz CT molecular complexity index is 566. The Labute approximate surface area is 127 Å². The van der Waals surface area contributed by atoms with Gasteiger partial charge in [-0.05, 0) is 23.6 Å². The third-order valence-electron chi connectivity index (χ3n) is 3.03. The first-order chi connectivity index (χ1) is 9.59. The molecule has 0 saturated carbocycles. The maximum Gasteiger partial charge on any atom is 0.234 e. The minimum Gasteiger partial charge on any atom is -0.351 e.